The maximum atomic E-state index is 13.3. The zero-order valence-electron chi connectivity index (χ0n) is 21.4. The summed E-state index contributed by atoms with van der Waals surface area (Å²) in [4.78, 5) is 64.9. The van der Waals surface area contributed by atoms with Crippen molar-refractivity contribution in [2.24, 2.45) is 11.5 Å². The van der Waals surface area contributed by atoms with E-state index in [0.717, 1.165) is 10.9 Å². The summed E-state index contributed by atoms with van der Waals surface area (Å²) in [6, 6.07) is 2.53. The number of fused-ring (bicyclic) bond motifs is 1. The zero-order chi connectivity index (χ0) is 28.9. The zero-order valence-corrected chi connectivity index (χ0v) is 22.3. The summed E-state index contributed by atoms with van der Waals surface area (Å²) in [6.45, 7) is 0.375. The lowest BCUT2D eigenvalue weighted by Crippen LogP contribution is -2.57. The van der Waals surface area contributed by atoms with Crippen molar-refractivity contribution in [2.45, 2.75) is 62.7 Å². The Balaban J connectivity index is 2.31. The van der Waals surface area contributed by atoms with Crippen LogP contribution in [0.1, 0.15) is 37.7 Å². The van der Waals surface area contributed by atoms with Gasteiger partial charge in [0.1, 0.15) is 18.1 Å². The van der Waals surface area contributed by atoms with Gasteiger partial charge in [-0.15, -0.1) is 0 Å². The monoisotopic (exact) mass is 564 g/mol. The minimum Gasteiger partial charge on any atom is -0.481 e. The Morgan fingerprint density at radius 3 is 2.18 bits per heavy atom. The van der Waals surface area contributed by atoms with E-state index in [0.29, 0.717) is 24.9 Å². The van der Waals surface area contributed by atoms with E-state index >= 15 is 0 Å². The second-order valence-corrected chi connectivity index (χ2v) is 9.46. The first-order chi connectivity index (χ1) is 18.6. The molecule has 0 spiro atoms. The Kier molecular flexibility index (Phi) is 12.7. The van der Waals surface area contributed by atoms with Gasteiger partial charge in [0.05, 0.1) is 6.04 Å². The molecule has 0 saturated heterocycles. The molecule has 0 aliphatic rings. The van der Waals surface area contributed by atoms with Gasteiger partial charge >= 0.3 is 11.9 Å². The second-order valence-electron chi connectivity index (χ2n) is 9.09. The summed E-state index contributed by atoms with van der Waals surface area (Å²) in [7, 11) is 0. The van der Waals surface area contributed by atoms with Crippen molar-refractivity contribution in [1.29, 1.82) is 0 Å². The van der Waals surface area contributed by atoms with Crippen LogP contribution in [0.25, 0.3) is 10.9 Å². The van der Waals surface area contributed by atoms with Gasteiger partial charge < -0.3 is 42.6 Å². The molecular formula is C25H36N6O7S. The molecule has 10 N–H and O–H groups in total. The fourth-order valence-electron chi connectivity index (χ4n) is 3.92. The SMILES string of the molecule is NCCCCC(NC(=O)C(Cc1c[nH]c2ccccc12)NC(=O)C(CCC(=O)O)NC(=O)C(N)CS)C(=O)O. The van der Waals surface area contributed by atoms with Gasteiger partial charge in [-0.05, 0) is 43.9 Å². The number of amides is 3. The Labute approximate surface area is 230 Å². The van der Waals surface area contributed by atoms with Crippen LogP contribution in [-0.2, 0) is 30.4 Å². The van der Waals surface area contributed by atoms with Gasteiger partial charge in [0.2, 0.25) is 17.7 Å². The topological polar surface area (TPSA) is 230 Å². The lowest BCUT2D eigenvalue weighted by atomic mass is 10.0. The third-order valence-corrected chi connectivity index (χ3v) is 6.50. The molecule has 0 aliphatic carbocycles. The molecule has 0 saturated carbocycles. The predicted molar refractivity (Wildman–Crippen MR) is 147 cm³/mol. The standard InChI is InChI=1S/C25H36N6O7S/c26-10-4-3-7-19(25(37)38)30-24(36)20(11-14-12-28-17-6-2-1-5-15(14)17)31-23(35)18(8-9-21(32)33)29-22(34)16(27)13-39/h1-2,5-6,12,16,18-20,28,39H,3-4,7-11,13,26-27H2,(H,29,34)(H,30,36)(H,31,35)(H,32,33)(H,37,38). The maximum Gasteiger partial charge on any atom is 0.326 e. The van der Waals surface area contributed by atoms with Crippen LogP contribution in [-0.4, -0.2) is 81.3 Å². The van der Waals surface area contributed by atoms with Gasteiger partial charge in [0.15, 0.2) is 0 Å². The van der Waals surface area contributed by atoms with E-state index in [2.05, 4.69) is 33.6 Å². The van der Waals surface area contributed by atoms with Gasteiger partial charge in [0.25, 0.3) is 0 Å². The van der Waals surface area contributed by atoms with Crippen molar-refractivity contribution in [2.75, 3.05) is 12.3 Å². The van der Waals surface area contributed by atoms with E-state index in [4.69, 9.17) is 16.6 Å². The number of hydrogen-bond donors (Lipinski definition) is 9. The molecule has 0 aliphatic heterocycles. The summed E-state index contributed by atoms with van der Waals surface area (Å²) >= 11 is 3.96. The van der Waals surface area contributed by atoms with Crippen molar-refractivity contribution in [3.8, 4) is 0 Å². The average molecular weight is 565 g/mol. The van der Waals surface area contributed by atoms with E-state index in [9.17, 15) is 29.1 Å². The normalized spacial score (nSPS) is 14.1. The van der Waals surface area contributed by atoms with E-state index in [1.165, 1.54) is 0 Å². The minimum atomic E-state index is -1.31. The number of carbonyl (C=O) groups excluding carboxylic acids is 3. The first-order valence-electron chi connectivity index (χ1n) is 12.5. The van der Waals surface area contributed by atoms with Crippen LogP contribution >= 0.6 is 12.6 Å². The highest BCUT2D eigenvalue weighted by Gasteiger charge is 2.31. The quantitative estimate of drug-likeness (QED) is 0.0889. The summed E-state index contributed by atoms with van der Waals surface area (Å²) < 4.78 is 0. The summed E-state index contributed by atoms with van der Waals surface area (Å²) in [5, 5.41) is 27.0. The fourth-order valence-corrected chi connectivity index (χ4v) is 4.09. The highest BCUT2D eigenvalue weighted by atomic mass is 32.1. The lowest BCUT2D eigenvalue weighted by molar-refractivity contribution is -0.142. The van der Waals surface area contributed by atoms with Crippen LogP contribution in [0.2, 0.25) is 0 Å². The second kappa shape index (κ2) is 15.7. The number of rotatable bonds is 17. The number of unbranched alkanes of at least 4 members (excludes halogenated alkanes) is 1. The minimum absolute atomic E-state index is 0.00746. The molecule has 4 unspecified atom stereocenters. The molecule has 13 nitrogen and oxygen atoms in total. The Hall–Kier alpha value is -3.62. The van der Waals surface area contributed by atoms with E-state index < -0.39 is 60.2 Å². The maximum absolute atomic E-state index is 13.3. The van der Waals surface area contributed by atoms with Crippen LogP contribution in [0.5, 0.6) is 0 Å². The highest BCUT2D eigenvalue weighted by Crippen LogP contribution is 2.19. The van der Waals surface area contributed by atoms with Crippen molar-refractivity contribution < 1.29 is 34.2 Å². The molecule has 1 aromatic carbocycles. The van der Waals surface area contributed by atoms with Crippen molar-refractivity contribution in [3.63, 3.8) is 0 Å². The number of H-pyrrole nitrogens is 1. The smallest absolute Gasteiger partial charge is 0.326 e. The number of nitrogens with one attached hydrogen (secondary N) is 4. The molecule has 1 aromatic heterocycles. The molecule has 14 heteroatoms. The number of carboxylic acids is 2. The van der Waals surface area contributed by atoms with Crippen molar-refractivity contribution in [1.82, 2.24) is 20.9 Å². The first kappa shape index (κ1) is 31.6. The first-order valence-corrected chi connectivity index (χ1v) is 13.2. The third kappa shape index (κ3) is 9.89. The largest absolute Gasteiger partial charge is 0.481 e. The predicted octanol–water partition coefficient (Wildman–Crippen LogP) is -0.500. The number of thiol groups is 1. The van der Waals surface area contributed by atoms with E-state index in [1.54, 1.807) is 6.20 Å². The highest BCUT2D eigenvalue weighted by molar-refractivity contribution is 7.80. The Morgan fingerprint density at radius 1 is 0.897 bits per heavy atom. The van der Waals surface area contributed by atoms with Gasteiger partial charge in [-0.1, -0.05) is 18.2 Å². The molecule has 39 heavy (non-hydrogen) atoms. The molecule has 0 bridgehead atoms. The molecule has 1 heterocycles. The fraction of sp³-hybridized carbons (Fsp3) is 0.480. The molecule has 4 atom stereocenters. The number of aliphatic carboxylic acids is 2. The summed E-state index contributed by atoms with van der Waals surface area (Å²) in [5.74, 6) is -4.69. The Bertz CT molecular complexity index is 1160. The van der Waals surface area contributed by atoms with Crippen molar-refractivity contribution in [3.05, 3.63) is 36.0 Å². The van der Waals surface area contributed by atoms with Gasteiger partial charge in [-0.3, -0.25) is 19.2 Å². The van der Waals surface area contributed by atoms with Gasteiger partial charge in [0, 0.05) is 35.7 Å². The molecule has 0 radical (unpaired) electrons. The van der Waals surface area contributed by atoms with E-state index in [-0.39, 0.29) is 25.0 Å². The van der Waals surface area contributed by atoms with Crippen LogP contribution in [0.15, 0.2) is 30.5 Å². The number of aromatic nitrogens is 1. The lowest BCUT2D eigenvalue weighted by Gasteiger charge is -2.25. The van der Waals surface area contributed by atoms with Crippen molar-refractivity contribution >= 4 is 53.2 Å². The molecule has 2 rings (SSSR count). The summed E-state index contributed by atoms with van der Waals surface area (Å²) in [5.41, 5.74) is 12.7. The number of hydrogen-bond acceptors (Lipinski definition) is 8. The number of carboxylic acid groups (broad SMARTS) is 2. The Morgan fingerprint density at radius 2 is 1.54 bits per heavy atom. The number of nitrogens with two attached hydrogens (primary N) is 2. The third-order valence-electron chi connectivity index (χ3n) is 6.11. The molecule has 3 amide bonds. The van der Waals surface area contributed by atoms with Crippen LogP contribution in [0.3, 0.4) is 0 Å². The number of aromatic amines is 1. The number of carbonyl (C=O) groups is 5. The number of benzene rings is 1. The van der Waals surface area contributed by atoms with E-state index in [1.807, 2.05) is 24.3 Å². The summed E-state index contributed by atoms with van der Waals surface area (Å²) in [6.07, 6.45) is 2.18. The van der Waals surface area contributed by atoms with Crippen LogP contribution in [0, 0.1) is 0 Å². The number of para-hydroxylation sites is 1. The average Bonchev–Trinajstić information content (AvgIpc) is 3.31. The van der Waals surface area contributed by atoms with Gasteiger partial charge in [-0.2, -0.15) is 12.6 Å². The molecule has 214 valence electrons. The van der Waals surface area contributed by atoms with Crippen LogP contribution in [0.4, 0.5) is 0 Å². The molecule has 0 fully saturated rings. The molecular weight excluding hydrogens is 528 g/mol. The molecule has 2 aromatic rings. The van der Waals surface area contributed by atoms with Crippen LogP contribution < -0.4 is 27.4 Å². The van der Waals surface area contributed by atoms with Gasteiger partial charge in [-0.25, -0.2) is 4.79 Å².